The molecular formula is C48H92O4S2Sn. The van der Waals surface area contributed by atoms with E-state index in [0.29, 0.717) is 24.3 Å². The zero-order chi connectivity index (χ0) is 41.3. The van der Waals surface area contributed by atoms with Crippen LogP contribution in [0.15, 0.2) is 24.3 Å². The quantitative estimate of drug-likeness (QED) is 0.0278. The van der Waals surface area contributed by atoms with E-state index in [1.165, 1.54) is 141 Å². The van der Waals surface area contributed by atoms with Crippen molar-refractivity contribution in [2.24, 2.45) is 11.8 Å². The summed E-state index contributed by atoms with van der Waals surface area (Å²) >= 11 is 8.36. The van der Waals surface area contributed by atoms with Gasteiger partial charge in [-0.3, -0.25) is 0 Å². The molecule has 0 aromatic carbocycles. The van der Waals surface area contributed by atoms with Crippen LogP contribution in [-0.2, 0) is 9.59 Å². The number of allylic oxidation sites excluding steroid dienone is 4. The van der Waals surface area contributed by atoms with Crippen LogP contribution < -0.4 is 10.2 Å². The molecule has 0 aliphatic heterocycles. The summed E-state index contributed by atoms with van der Waals surface area (Å²) < 4.78 is 3.25. The molecule has 0 aromatic rings. The van der Waals surface area contributed by atoms with E-state index in [1.807, 2.05) is 0 Å². The molecule has 2 unspecified atom stereocenters. The Morgan fingerprint density at radius 1 is 0.418 bits per heavy atom. The molecule has 0 amide bonds. The van der Waals surface area contributed by atoms with Crippen LogP contribution in [0.25, 0.3) is 0 Å². The number of carbonyl (C=O) groups is 2. The van der Waals surface area contributed by atoms with E-state index in [1.54, 1.807) is 8.87 Å². The molecule has 4 nitrogen and oxygen atoms in total. The van der Waals surface area contributed by atoms with Gasteiger partial charge < -0.3 is 19.8 Å². The first kappa shape index (κ1) is 59.2. The maximum atomic E-state index is 10.9. The third-order valence-corrected chi connectivity index (χ3v) is 14.7. The third kappa shape index (κ3) is 53.9. The number of hydrogen-bond donors (Lipinski definition) is 2. The molecule has 0 aliphatic rings. The number of aliphatic carboxylic acids is 2. The molecule has 0 N–H and O–H groups in total. The van der Waals surface area contributed by atoms with Crippen molar-refractivity contribution in [3.05, 3.63) is 24.3 Å². The molecular weight excluding hydrogens is 823 g/mol. The Morgan fingerprint density at radius 3 is 0.964 bits per heavy atom. The van der Waals surface area contributed by atoms with Crippen LogP contribution in [0.2, 0.25) is 8.87 Å². The molecule has 0 saturated carbocycles. The molecule has 0 rings (SSSR count). The third-order valence-electron chi connectivity index (χ3n) is 10.2. The van der Waals surface area contributed by atoms with Crippen LogP contribution in [0.1, 0.15) is 233 Å². The van der Waals surface area contributed by atoms with Gasteiger partial charge in [-0.05, 0) is 100 Å². The maximum absolute atomic E-state index is 10.9. The predicted octanol–water partition coefficient (Wildman–Crippen LogP) is 13.8. The predicted molar refractivity (Wildman–Crippen MR) is 249 cm³/mol. The summed E-state index contributed by atoms with van der Waals surface area (Å²) in [6.45, 7) is 9.09. The SMILES string of the molecule is CCCCCCCC/C=C\CCCCCCC(CCS)C(=O)[O-].CCCCCCCC/C=C\CCCCCCC(CCS)C(=O)[O-].CCC[CH2][Sn+2][CH2]CCC. The van der Waals surface area contributed by atoms with E-state index >= 15 is 0 Å². The summed E-state index contributed by atoms with van der Waals surface area (Å²) in [5.74, 6) is -1.16. The van der Waals surface area contributed by atoms with Crippen LogP contribution in [0.5, 0.6) is 0 Å². The second-order valence-electron chi connectivity index (χ2n) is 15.6. The van der Waals surface area contributed by atoms with Crippen LogP contribution in [0.4, 0.5) is 0 Å². The monoisotopic (exact) mass is 917 g/mol. The molecule has 0 heterocycles. The Morgan fingerprint density at radius 2 is 0.691 bits per heavy atom. The summed E-state index contributed by atoms with van der Waals surface area (Å²) in [6, 6.07) is 0. The Balaban J connectivity index is -0.000000805. The number of carboxylic acid groups (broad SMARTS) is 2. The van der Waals surface area contributed by atoms with Gasteiger partial charge in [0, 0.05) is 11.9 Å². The van der Waals surface area contributed by atoms with Crippen LogP contribution >= 0.6 is 25.3 Å². The minimum absolute atomic E-state index is 0.149. The fourth-order valence-electron chi connectivity index (χ4n) is 6.37. The Kier molecular flexibility index (Phi) is 58.1. The van der Waals surface area contributed by atoms with Gasteiger partial charge in [-0.2, -0.15) is 25.3 Å². The van der Waals surface area contributed by atoms with Gasteiger partial charge in [0.05, 0.1) is 0 Å². The first-order valence-electron chi connectivity index (χ1n) is 23.5. The molecule has 324 valence electrons. The van der Waals surface area contributed by atoms with E-state index < -0.39 is 11.9 Å². The van der Waals surface area contributed by atoms with Gasteiger partial charge in [-0.1, -0.05) is 141 Å². The average molecular weight is 916 g/mol. The number of hydrogen-bond acceptors (Lipinski definition) is 6. The van der Waals surface area contributed by atoms with Gasteiger partial charge in [-0.15, -0.1) is 0 Å². The molecule has 2 atom stereocenters. The van der Waals surface area contributed by atoms with E-state index in [0.717, 1.165) is 51.4 Å². The summed E-state index contributed by atoms with van der Waals surface area (Å²) in [6.07, 6.45) is 48.1. The van der Waals surface area contributed by atoms with E-state index in [4.69, 9.17) is 0 Å². The van der Waals surface area contributed by atoms with Crippen LogP contribution in [0, 0.1) is 11.8 Å². The number of thiol groups is 2. The van der Waals surface area contributed by atoms with Crippen molar-refractivity contribution in [3.63, 3.8) is 0 Å². The second-order valence-corrected chi connectivity index (χ2v) is 20.7. The van der Waals surface area contributed by atoms with Crippen molar-refractivity contribution in [2.45, 2.75) is 242 Å². The Hall–Kier alpha value is -0.0813. The standard InChI is InChI=1S/2C20H38O2S.2C4H9.Sn/c2*1-2-3-4-5-6-7-8-9-10-11-12-13-14-15-16-19(17-18-23)20(21)22;2*1-3-4-2;/h2*9-10,19,23H,2-8,11-18H2,1H3,(H,21,22);2*1,3-4H2,2H3;/q;;;;+2/p-2/b2*10-9-;;;. The summed E-state index contributed by atoms with van der Waals surface area (Å²) in [5, 5.41) is 21.8. The molecule has 0 saturated heterocycles. The van der Waals surface area contributed by atoms with Crippen molar-refractivity contribution >= 4 is 58.3 Å². The van der Waals surface area contributed by atoms with Crippen LogP contribution in [0.3, 0.4) is 0 Å². The average Bonchev–Trinajstić information content (AvgIpc) is 3.17. The second kappa shape index (κ2) is 53.9. The van der Waals surface area contributed by atoms with Crippen molar-refractivity contribution < 1.29 is 19.8 Å². The van der Waals surface area contributed by atoms with Gasteiger partial charge in [0.2, 0.25) is 0 Å². The molecule has 0 fully saturated rings. The van der Waals surface area contributed by atoms with Gasteiger partial charge >= 0.3 is 69.5 Å². The van der Waals surface area contributed by atoms with Crippen molar-refractivity contribution in [3.8, 4) is 0 Å². The van der Waals surface area contributed by atoms with Crippen molar-refractivity contribution in [1.82, 2.24) is 0 Å². The summed E-state index contributed by atoms with van der Waals surface area (Å²) in [4.78, 5) is 21.8. The zero-order valence-corrected chi connectivity index (χ0v) is 41.6. The van der Waals surface area contributed by atoms with Crippen LogP contribution in [-0.4, -0.2) is 44.6 Å². The fourth-order valence-corrected chi connectivity index (χ4v) is 11.2. The molecule has 0 bridgehead atoms. The fraction of sp³-hybridized carbons (Fsp3) is 0.875. The van der Waals surface area contributed by atoms with Gasteiger partial charge in [-0.25, -0.2) is 0 Å². The van der Waals surface area contributed by atoms with Crippen molar-refractivity contribution in [1.29, 1.82) is 0 Å². The van der Waals surface area contributed by atoms with Gasteiger partial charge in [0.25, 0.3) is 0 Å². The minimum atomic E-state index is -0.906. The van der Waals surface area contributed by atoms with E-state index in [2.05, 4.69) is 77.3 Å². The number of carbonyl (C=O) groups excluding carboxylic acids is 2. The Labute approximate surface area is 365 Å². The number of rotatable bonds is 40. The molecule has 7 heteroatoms. The molecule has 55 heavy (non-hydrogen) atoms. The van der Waals surface area contributed by atoms with E-state index in [-0.39, 0.29) is 33.0 Å². The van der Waals surface area contributed by atoms with Crippen molar-refractivity contribution in [2.75, 3.05) is 11.5 Å². The normalized spacial score (nSPS) is 12.2. The zero-order valence-electron chi connectivity index (χ0n) is 36.9. The number of carboxylic acids is 2. The summed E-state index contributed by atoms with van der Waals surface area (Å²) in [7, 11) is 0. The molecule has 0 radical (unpaired) electrons. The van der Waals surface area contributed by atoms with E-state index in [9.17, 15) is 19.8 Å². The number of unbranched alkanes of at least 4 members (excludes halogenated alkanes) is 22. The molecule has 0 aliphatic carbocycles. The Bertz CT molecular complexity index is 743. The first-order chi connectivity index (χ1) is 26.9. The molecule has 0 spiro atoms. The van der Waals surface area contributed by atoms with Gasteiger partial charge in [0.15, 0.2) is 0 Å². The summed E-state index contributed by atoms with van der Waals surface area (Å²) in [5.41, 5.74) is 0. The topological polar surface area (TPSA) is 80.3 Å². The van der Waals surface area contributed by atoms with Gasteiger partial charge in [0.1, 0.15) is 0 Å². The first-order valence-corrected chi connectivity index (χ1v) is 28.8. The molecule has 0 aromatic heterocycles.